The van der Waals surface area contributed by atoms with Crippen LogP contribution in [0.3, 0.4) is 0 Å². The van der Waals surface area contributed by atoms with Gasteiger partial charge >= 0.3 is 5.97 Å². The molecule has 204 valence electrons. The van der Waals surface area contributed by atoms with E-state index in [1.165, 1.54) is 25.3 Å². The number of carbonyl (C=O) groups excluding carboxylic acids is 1. The SMILES string of the molecule is CCCCCCCCC=CC(=O)O[C@@H]1[C@@H](O)[C@@H](O[C@H]2O[C@H](CO)[C@@H](O)[C@H](O)[C@H]2O)O[C@H](CO)[C@H]1O. The Labute approximate surface area is 204 Å². The average Bonchev–Trinajstić information content (AvgIpc) is 2.85. The molecule has 0 aromatic carbocycles. The van der Waals surface area contributed by atoms with Crippen LogP contribution in [0.2, 0.25) is 0 Å². The maximum atomic E-state index is 12.3. The quantitative estimate of drug-likeness (QED) is 0.0862. The minimum Gasteiger partial charge on any atom is -0.453 e. The number of hydrogen-bond donors (Lipinski definition) is 7. The van der Waals surface area contributed by atoms with Gasteiger partial charge in [0, 0.05) is 6.08 Å². The maximum Gasteiger partial charge on any atom is 0.330 e. The van der Waals surface area contributed by atoms with E-state index >= 15 is 0 Å². The fourth-order valence-corrected chi connectivity index (χ4v) is 4.01. The molecule has 0 amide bonds. The average molecular weight is 509 g/mol. The van der Waals surface area contributed by atoms with Crippen LogP contribution >= 0.6 is 0 Å². The molecule has 2 fully saturated rings. The van der Waals surface area contributed by atoms with Crippen LogP contribution in [0.5, 0.6) is 0 Å². The van der Waals surface area contributed by atoms with Crippen molar-refractivity contribution in [2.24, 2.45) is 0 Å². The molecule has 0 bridgehead atoms. The fourth-order valence-electron chi connectivity index (χ4n) is 4.01. The Balaban J connectivity index is 1.95. The van der Waals surface area contributed by atoms with Crippen LogP contribution in [0.15, 0.2) is 12.2 Å². The first-order valence-electron chi connectivity index (χ1n) is 12.2. The maximum absolute atomic E-state index is 12.3. The van der Waals surface area contributed by atoms with Gasteiger partial charge in [0.1, 0.15) is 42.7 Å². The summed E-state index contributed by atoms with van der Waals surface area (Å²) in [5, 5.41) is 69.8. The van der Waals surface area contributed by atoms with Gasteiger partial charge in [-0.05, 0) is 12.8 Å². The largest absolute Gasteiger partial charge is 0.453 e. The number of aliphatic hydroxyl groups excluding tert-OH is 7. The zero-order valence-corrected chi connectivity index (χ0v) is 20.0. The summed E-state index contributed by atoms with van der Waals surface area (Å²) in [7, 11) is 0. The third-order valence-corrected chi connectivity index (χ3v) is 6.17. The highest BCUT2D eigenvalue weighted by Crippen LogP contribution is 2.29. The minimum atomic E-state index is -1.77. The van der Waals surface area contributed by atoms with Crippen molar-refractivity contribution in [2.75, 3.05) is 13.2 Å². The molecule has 35 heavy (non-hydrogen) atoms. The molecule has 0 spiro atoms. The third kappa shape index (κ3) is 8.42. The normalized spacial score (nSPS) is 38.1. The zero-order valence-electron chi connectivity index (χ0n) is 20.0. The summed E-state index contributed by atoms with van der Waals surface area (Å²) < 4.78 is 21.2. The smallest absolute Gasteiger partial charge is 0.330 e. The van der Waals surface area contributed by atoms with Crippen molar-refractivity contribution in [1.82, 2.24) is 0 Å². The number of hydrogen-bond acceptors (Lipinski definition) is 12. The van der Waals surface area contributed by atoms with E-state index in [1.807, 2.05) is 0 Å². The summed E-state index contributed by atoms with van der Waals surface area (Å²) in [5.74, 6) is -0.815. The number of allylic oxidation sites excluding steroid dienone is 1. The van der Waals surface area contributed by atoms with E-state index in [0.717, 1.165) is 19.3 Å². The summed E-state index contributed by atoms with van der Waals surface area (Å²) in [4.78, 5) is 12.3. The van der Waals surface area contributed by atoms with E-state index in [1.54, 1.807) is 6.08 Å². The number of ether oxygens (including phenoxy) is 4. The molecule has 0 unspecified atom stereocenters. The Morgan fingerprint density at radius 1 is 0.771 bits per heavy atom. The Hall–Kier alpha value is -1.19. The highest BCUT2D eigenvalue weighted by atomic mass is 16.8. The lowest BCUT2D eigenvalue weighted by molar-refractivity contribution is -0.376. The van der Waals surface area contributed by atoms with Gasteiger partial charge in [0.15, 0.2) is 18.7 Å². The van der Waals surface area contributed by atoms with Gasteiger partial charge in [0.25, 0.3) is 0 Å². The molecule has 0 saturated carbocycles. The summed E-state index contributed by atoms with van der Waals surface area (Å²) in [5.41, 5.74) is 0. The Morgan fingerprint density at radius 3 is 1.97 bits per heavy atom. The molecule has 12 nitrogen and oxygen atoms in total. The van der Waals surface area contributed by atoms with E-state index in [-0.39, 0.29) is 0 Å². The Kier molecular flexibility index (Phi) is 13.0. The molecular formula is C23H40O12. The minimum absolute atomic E-state index is 0.669. The van der Waals surface area contributed by atoms with E-state index < -0.39 is 80.6 Å². The molecule has 0 aromatic heterocycles. The number of rotatable bonds is 13. The molecule has 10 atom stereocenters. The summed E-state index contributed by atoms with van der Waals surface area (Å²) in [6, 6.07) is 0. The predicted octanol–water partition coefficient (Wildman–Crippen LogP) is -1.54. The van der Waals surface area contributed by atoms with E-state index in [0.29, 0.717) is 6.42 Å². The zero-order chi connectivity index (χ0) is 26.0. The van der Waals surface area contributed by atoms with Crippen molar-refractivity contribution in [1.29, 1.82) is 0 Å². The summed E-state index contributed by atoms with van der Waals surface area (Å²) in [6.45, 7) is 0.750. The van der Waals surface area contributed by atoms with Crippen LogP contribution in [0.25, 0.3) is 0 Å². The van der Waals surface area contributed by atoms with Crippen LogP contribution < -0.4 is 0 Å². The van der Waals surface area contributed by atoms with E-state index in [9.17, 15) is 40.5 Å². The molecule has 0 radical (unpaired) electrons. The first-order valence-corrected chi connectivity index (χ1v) is 12.2. The van der Waals surface area contributed by atoms with Crippen LogP contribution in [-0.4, -0.2) is 116 Å². The van der Waals surface area contributed by atoms with Gasteiger partial charge in [-0.25, -0.2) is 4.79 Å². The molecule has 0 aromatic rings. The molecule has 0 aliphatic carbocycles. The lowest BCUT2D eigenvalue weighted by Gasteiger charge is -2.45. The standard InChI is InChI=1S/C23H40O12/c1-2-3-4-5-6-7-8-9-10-15(26)34-21-17(28)14(12-25)33-23(20(21)31)35-22-19(30)18(29)16(27)13(11-24)32-22/h9-10,13-14,16-25,27-31H,2-8,11-12H2,1H3/t13-,14-,16-,17-,18+,19-,20-,21+,22-,23-/m1/s1. The molecule has 2 aliphatic heterocycles. The number of esters is 1. The van der Waals surface area contributed by atoms with Gasteiger partial charge in [0.2, 0.25) is 0 Å². The molecule has 2 heterocycles. The number of carbonyl (C=O) groups is 1. The van der Waals surface area contributed by atoms with Crippen molar-refractivity contribution < 1.29 is 59.5 Å². The molecule has 7 N–H and O–H groups in total. The lowest BCUT2D eigenvalue weighted by atomic mass is 9.98. The second-order valence-electron chi connectivity index (χ2n) is 8.90. The summed E-state index contributed by atoms with van der Waals surface area (Å²) in [6.07, 6.45) is -5.70. The van der Waals surface area contributed by atoms with Gasteiger partial charge in [-0.15, -0.1) is 0 Å². The fraction of sp³-hybridized carbons (Fsp3) is 0.870. The van der Waals surface area contributed by atoms with E-state index in [2.05, 4.69) is 6.92 Å². The van der Waals surface area contributed by atoms with Crippen LogP contribution in [0, 0.1) is 0 Å². The number of aliphatic hydroxyl groups is 7. The monoisotopic (exact) mass is 508 g/mol. The highest BCUT2D eigenvalue weighted by Gasteiger charge is 2.51. The van der Waals surface area contributed by atoms with Gasteiger partial charge in [0.05, 0.1) is 13.2 Å². The van der Waals surface area contributed by atoms with Crippen LogP contribution in [0.1, 0.15) is 51.9 Å². The van der Waals surface area contributed by atoms with Crippen LogP contribution in [-0.2, 0) is 23.7 Å². The van der Waals surface area contributed by atoms with E-state index in [4.69, 9.17) is 18.9 Å². The topological polar surface area (TPSA) is 196 Å². The van der Waals surface area contributed by atoms with Gasteiger partial charge in [-0.2, -0.15) is 0 Å². The first kappa shape index (κ1) is 30.0. The Bertz CT molecular complexity index is 644. The van der Waals surface area contributed by atoms with Crippen molar-refractivity contribution in [2.45, 2.75) is 113 Å². The van der Waals surface area contributed by atoms with Crippen molar-refractivity contribution in [3.63, 3.8) is 0 Å². The first-order chi connectivity index (χ1) is 16.7. The second kappa shape index (κ2) is 15.2. The predicted molar refractivity (Wildman–Crippen MR) is 120 cm³/mol. The van der Waals surface area contributed by atoms with Gasteiger partial charge in [-0.1, -0.05) is 45.1 Å². The highest BCUT2D eigenvalue weighted by molar-refractivity contribution is 5.82. The molecular weight excluding hydrogens is 468 g/mol. The second-order valence-corrected chi connectivity index (χ2v) is 8.90. The number of unbranched alkanes of at least 4 members (excludes halogenated alkanes) is 6. The molecule has 2 aliphatic rings. The molecule has 12 heteroatoms. The molecule has 2 saturated heterocycles. The third-order valence-electron chi connectivity index (χ3n) is 6.17. The van der Waals surface area contributed by atoms with Gasteiger partial charge < -0.3 is 54.7 Å². The van der Waals surface area contributed by atoms with Crippen LogP contribution in [0.4, 0.5) is 0 Å². The lowest BCUT2D eigenvalue weighted by Crippen LogP contribution is -2.64. The van der Waals surface area contributed by atoms with Crippen molar-refractivity contribution >= 4 is 5.97 Å². The Morgan fingerprint density at radius 2 is 1.34 bits per heavy atom. The summed E-state index contributed by atoms with van der Waals surface area (Å²) >= 11 is 0. The van der Waals surface area contributed by atoms with Crippen molar-refractivity contribution in [3.8, 4) is 0 Å². The molecule has 2 rings (SSSR count). The van der Waals surface area contributed by atoms with Gasteiger partial charge in [-0.3, -0.25) is 0 Å². The van der Waals surface area contributed by atoms with Crippen molar-refractivity contribution in [3.05, 3.63) is 12.2 Å².